The standard InChI is InChI=1S/C12H11N3O/c13-6-9-7-14-12-4-2-8-1-3-10(16)5-11(8)15(9)12/h1-5,7,16H,6,13H2. The maximum atomic E-state index is 9.53. The third-order valence-corrected chi connectivity index (χ3v) is 2.74. The Morgan fingerprint density at radius 1 is 1.25 bits per heavy atom. The highest BCUT2D eigenvalue weighted by molar-refractivity contribution is 5.83. The fraction of sp³-hybridized carbons (Fsp3) is 0.0833. The summed E-state index contributed by atoms with van der Waals surface area (Å²) in [5, 5.41) is 10.6. The molecule has 1 aromatic carbocycles. The molecule has 0 unspecified atom stereocenters. The van der Waals surface area contributed by atoms with E-state index in [9.17, 15) is 5.11 Å². The number of fused-ring (bicyclic) bond motifs is 3. The molecule has 2 aromatic heterocycles. The molecular formula is C12H11N3O. The van der Waals surface area contributed by atoms with Gasteiger partial charge >= 0.3 is 0 Å². The summed E-state index contributed by atoms with van der Waals surface area (Å²) >= 11 is 0. The number of phenols is 1. The van der Waals surface area contributed by atoms with Gasteiger partial charge in [-0.15, -0.1) is 0 Å². The van der Waals surface area contributed by atoms with Gasteiger partial charge in [0.2, 0.25) is 0 Å². The van der Waals surface area contributed by atoms with Crippen molar-refractivity contribution in [3.05, 3.63) is 42.2 Å². The number of nitrogens with zero attached hydrogens (tertiary/aromatic N) is 2. The van der Waals surface area contributed by atoms with E-state index in [4.69, 9.17) is 5.73 Å². The number of benzene rings is 1. The molecule has 3 aromatic rings. The van der Waals surface area contributed by atoms with Crippen LogP contribution in [0.1, 0.15) is 5.69 Å². The van der Waals surface area contributed by atoms with Gasteiger partial charge in [-0.05, 0) is 29.7 Å². The predicted molar refractivity (Wildman–Crippen MR) is 62.3 cm³/mol. The summed E-state index contributed by atoms with van der Waals surface area (Å²) in [6, 6.07) is 9.21. The summed E-state index contributed by atoms with van der Waals surface area (Å²) in [7, 11) is 0. The smallest absolute Gasteiger partial charge is 0.137 e. The zero-order valence-electron chi connectivity index (χ0n) is 8.59. The maximum Gasteiger partial charge on any atom is 0.137 e. The molecule has 0 fully saturated rings. The molecule has 0 aliphatic carbocycles. The maximum absolute atomic E-state index is 9.53. The molecule has 16 heavy (non-hydrogen) atoms. The minimum atomic E-state index is 0.247. The summed E-state index contributed by atoms with van der Waals surface area (Å²) in [5.41, 5.74) is 8.37. The highest BCUT2D eigenvalue weighted by Gasteiger charge is 2.06. The summed E-state index contributed by atoms with van der Waals surface area (Å²) in [6.07, 6.45) is 1.76. The fourth-order valence-corrected chi connectivity index (χ4v) is 1.97. The first-order valence-electron chi connectivity index (χ1n) is 5.08. The molecule has 2 heterocycles. The lowest BCUT2D eigenvalue weighted by Crippen LogP contribution is -2.01. The SMILES string of the molecule is NCc1cnc2ccc3ccc(O)cc3n12. The molecule has 0 aliphatic rings. The average molecular weight is 213 g/mol. The highest BCUT2D eigenvalue weighted by atomic mass is 16.3. The average Bonchev–Trinajstić information content (AvgIpc) is 2.72. The zero-order valence-corrected chi connectivity index (χ0v) is 8.59. The van der Waals surface area contributed by atoms with Crippen molar-refractivity contribution in [3.8, 4) is 5.75 Å². The monoisotopic (exact) mass is 213 g/mol. The van der Waals surface area contributed by atoms with Gasteiger partial charge in [-0.2, -0.15) is 0 Å². The molecule has 0 saturated carbocycles. The van der Waals surface area contributed by atoms with Crippen LogP contribution >= 0.6 is 0 Å². The molecule has 0 atom stereocenters. The predicted octanol–water partition coefficient (Wildman–Crippen LogP) is 1.65. The van der Waals surface area contributed by atoms with E-state index in [2.05, 4.69) is 4.98 Å². The van der Waals surface area contributed by atoms with Crippen LogP contribution < -0.4 is 5.73 Å². The number of phenolic OH excluding ortho intramolecular Hbond substituents is 1. The molecular weight excluding hydrogens is 202 g/mol. The van der Waals surface area contributed by atoms with E-state index in [1.165, 1.54) is 0 Å². The van der Waals surface area contributed by atoms with Crippen molar-refractivity contribution in [2.24, 2.45) is 5.73 Å². The quantitative estimate of drug-likeness (QED) is 0.646. The van der Waals surface area contributed by atoms with Crippen LogP contribution in [-0.2, 0) is 6.54 Å². The van der Waals surface area contributed by atoms with E-state index in [0.717, 1.165) is 22.2 Å². The van der Waals surface area contributed by atoms with Crippen LogP contribution in [0.5, 0.6) is 5.75 Å². The molecule has 4 nitrogen and oxygen atoms in total. The number of nitrogens with two attached hydrogens (primary N) is 1. The Morgan fingerprint density at radius 2 is 2.06 bits per heavy atom. The molecule has 0 amide bonds. The van der Waals surface area contributed by atoms with Gasteiger partial charge in [-0.1, -0.05) is 0 Å². The Kier molecular flexibility index (Phi) is 1.84. The van der Waals surface area contributed by atoms with Crippen molar-refractivity contribution in [3.63, 3.8) is 0 Å². The van der Waals surface area contributed by atoms with E-state index < -0.39 is 0 Å². The molecule has 4 heteroatoms. The van der Waals surface area contributed by atoms with Crippen molar-refractivity contribution in [1.29, 1.82) is 0 Å². The third-order valence-electron chi connectivity index (χ3n) is 2.74. The number of aromatic hydroxyl groups is 1. The molecule has 0 spiro atoms. The molecule has 3 rings (SSSR count). The molecule has 0 aliphatic heterocycles. The van der Waals surface area contributed by atoms with Crippen LogP contribution in [0.4, 0.5) is 0 Å². The first-order chi connectivity index (χ1) is 7.79. The Bertz CT molecular complexity index is 672. The zero-order chi connectivity index (χ0) is 11.1. The number of imidazole rings is 1. The second kappa shape index (κ2) is 3.21. The molecule has 80 valence electrons. The third kappa shape index (κ3) is 1.17. The van der Waals surface area contributed by atoms with E-state index >= 15 is 0 Å². The first kappa shape index (κ1) is 9.18. The molecule has 3 N–H and O–H groups in total. The Labute approximate surface area is 91.9 Å². The van der Waals surface area contributed by atoms with Crippen LogP contribution in [0.2, 0.25) is 0 Å². The Balaban J connectivity index is 2.54. The van der Waals surface area contributed by atoms with Crippen LogP contribution in [0.3, 0.4) is 0 Å². The molecule has 0 bridgehead atoms. The van der Waals surface area contributed by atoms with Crippen molar-refractivity contribution < 1.29 is 5.11 Å². The van der Waals surface area contributed by atoms with Crippen LogP contribution in [0.15, 0.2) is 36.5 Å². The Hall–Kier alpha value is -2.07. The van der Waals surface area contributed by atoms with Gasteiger partial charge in [0.25, 0.3) is 0 Å². The van der Waals surface area contributed by atoms with Crippen molar-refractivity contribution in [2.45, 2.75) is 6.54 Å². The summed E-state index contributed by atoms with van der Waals surface area (Å²) in [4.78, 5) is 4.27. The normalized spacial score (nSPS) is 11.3. The lowest BCUT2D eigenvalue weighted by Gasteiger charge is -2.05. The van der Waals surface area contributed by atoms with Gasteiger partial charge in [0, 0.05) is 12.6 Å². The number of rotatable bonds is 1. The van der Waals surface area contributed by atoms with E-state index in [-0.39, 0.29) is 5.75 Å². The molecule has 0 saturated heterocycles. The van der Waals surface area contributed by atoms with Crippen LogP contribution in [0, 0.1) is 0 Å². The van der Waals surface area contributed by atoms with Crippen LogP contribution in [0.25, 0.3) is 16.6 Å². The van der Waals surface area contributed by atoms with Gasteiger partial charge < -0.3 is 10.8 Å². The van der Waals surface area contributed by atoms with Crippen LogP contribution in [-0.4, -0.2) is 14.5 Å². The van der Waals surface area contributed by atoms with Gasteiger partial charge in [-0.3, -0.25) is 4.40 Å². The van der Waals surface area contributed by atoms with Gasteiger partial charge in [0.05, 0.1) is 17.4 Å². The van der Waals surface area contributed by atoms with Crippen molar-refractivity contribution in [1.82, 2.24) is 9.38 Å². The highest BCUT2D eigenvalue weighted by Crippen LogP contribution is 2.22. The largest absolute Gasteiger partial charge is 0.508 e. The minimum absolute atomic E-state index is 0.247. The number of hydrogen-bond donors (Lipinski definition) is 2. The second-order valence-corrected chi connectivity index (χ2v) is 3.72. The topological polar surface area (TPSA) is 63.5 Å². The number of pyridine rings is 1. The summed E-state index contributed by atoms with van der Waals surface area (Å²) in [5.74, 6) is 0.247. The summed E-state index contributed by atoms with van der Waals surface area (Å²) < 4.78 is 1.97. The van der Waals surface area contributed by atoms with Crippen molar-refractivity contribution in [2.75, 3.05) is 0 Å². The summed E-state index contributed by atoms with van der Waals surface area (Å²) in [6.45, 7) is 0.427. The van der Waals surface area contributed by atoms with Gasteiger partial charge in [-0.25, -0.2) is 4.98 Å². The first-order valence-corrected chi connectivity index (χ1v) is 5.08. The number of aromatic nitrogens is 2. The second-order valence-electron chi connectivity index (χ2n) is 3.72. The lowest BCUT2D eigenvalue weighted by atomic mass is 10.2. The fourth-order valence-electron chi connectivity index (χ4n) is 1.97. The van der Waals surface area contributed by atoms with Crippen molar-refractivity contribution >= 4 is 16.6 Å². The minimum Gasteiger partial charge on any atom is -0.508 e. The Morgan fingerprint density at radius 3 is 2.88 bits per heavy atom. The van der Waals surface area contributed by atoms with Gasteiger partial charge in [0.15, 0.2) is 0 Å². The van der Waals surface area contributed by atoms with Gasteiger partial charge in [0.1, 0.15) is 11.4 Å². The lowest BCUT2D eigenvalue weighted by molar-refractivity contribution is 0.476. The van der Waals surface area contributed by atoms with E-state index in [0.29, 0.717) is 6.54 Å². The van der Waals surface area contributed by atoms with E-state index in [1.54, 1.807) is 18.3 Å². The van der Waals surface area contributed by atoms with E-state index in [1.807, 2.05) is 22.6 Å². The molecule has 0 radical (unpaired) electrons. The number of hydrogen-bond acceptors (Lipinski definition) is 3.